The molecule has 0 atom stereocenters. The summed E-state index contributed by atoms with van der Waals surface area (Å²) in [5, 5.41) is 9.15. The summed E-state index contributed by atoms with van der Waals surface area (Å²) in [5.74, 6) is -0.529. The van der Waals surface area contributed by atoms with Crippen LogP contribution >= 0.6 is 0 Å². The smallest absolute Gasteiger partial charge is 0.227 e. The van der Waals surface area contributed by atoms with Crippen LogP contribution in [-0.4, -0.2) is 26.1 Å². The third-order valence-electron chi connectivity index (χ3n) is 4.51. The summed E-state index contributed by atoms with van der Waals surface area (Å²) in [6, 6.07) is 12.1. The van der Waals surface area contributed by atoms with Gasteiger partial charge >= 0.3 is 0 Å². The maximum atomic E-state index is 11.8. The third kappa shape index (κ3) is 5.79. The van der Waals surface area contributed by atoms with E-state index in [0.29, 0.717) is 12.3 Å². The van der Waals surface area contributed by atoms with Crippen molar-refractivity contribution < 1.29 is 19.4 Å². The molecule has 8 heteroatoms. The van der Waals surface area contributed by atoms with Crippen molar-refractivity contribution in [2.45, 2.75) is 34.3 Å². The minimum Gasteiger partial charge on any atom is -0.503 e. The van der Waals surface area contributed by atoms with Gasteiger partial charge in [0.15, 0.2) is 11.5 Å². The lowest BCUT2D eigenvalue weighted by Crippen LogP contribution is -2.17. The molecule has 0 unspecified atom stereocenters. The van der Waals surface area contributed by atoms with Gasteiger partial charge in [0.1, 0.15) is 6.61 Å². The number of ether oxygens (including phenoxy) is 1. The lowest BCUT2D eigenvalue weighted by molar-refractivity contribution is 0.0923. The molecule has 0 aliphatic carbocycles. The fourth-order valence-electron chi connectivity index (χ4n) is 2.83. The first-order valence-corrected chi connectivity index (χ1v) is 9.45. The van der Waals surface area contributed by atoms with Gasteiger partial charge in [-0.3, -0.25) is 28.3 Å². The first kappa shape index (κ1) is 23.3. The first-order valence-electron chi connectivity index (χ1n) is 9.45. The van der Waals surface area contributed by atoms with Crippen molar-refractivity contribution in [2.75, 3.05) is 0 Å². The van der Waals surface area contributed by atoms with E-state index in [4.69, 9.17) is 9.84 Å². The van der Waals surface area contributed by atoms with Crippen LogP contribution in [0.2, 0.25) is 0 Å². The topological polar surface area (TPSA) is 108 Å². The second-order valence-corrected chi connectivity index (χ2v) is 6.76. The molecular weight excluding hydrogens is 400 g/mol. The lowest BCUT2D eigenvalue weighted by atomic mass is 10.2. The SMILES string of the molecule is CC(=O)n1ccc(=O)c(O)c1C.CC(=O)n1ccc(=O)c(OCc2ccccc2)c1C. The van der Waals surface area contributed by atoms with Crippen LogP contribution in [0, 0.1) is 13.8 Å². The highest BCUT2D eigenvalue weighted by Gasteiger charge is 2.11. The standard InChI is InChI=1S/C15H15NO3.C8H9NO3/c1-11-15(14(18)8-9-16(11)12(2)17)19-10-13-6-4-3-5-7-13;1-5-8(12)7(11)3-4-9(5)6(2)10/h3-9H,10H2,1-2H3;3-4,12H,1-2H3. The van der Waals surface area contributed by atoms with Crippen molar-refractivity contribution in [3.05, 3.63) is 92.3 Å². The van der Waals surface area contributed by atoms with E-state index < -0.39 is 5.43 Å². The second kappa shape index (κ2) is 10.2. The van der Waals surface area contributed by atoms with Crippen molar-refractivity contribution in [2.24, 2.45) is 0 Å². The Morgan fingerprint density at radius 1 is 0.839 bits per heavy atom. The molecule has 162 valence electrons. The molecule has 8 nitrogen and oxygen atoms in total. The number of rotatable bonds is 3. The Morgan fingerprint density at radius 3 is 1.90 bits per heavy atom. The van der Waals surface area contributed by atoms with Crippen molar-refractivity contribution in [1.82, 2.24) is 9.13 Å². The lowest BCUT2D eigenvalue weighted by Gasteiger charge is -2.12. The minimum atomic E-state index is -0.468. The fourth-order valence-corrected chi connectivity index (χ4v) is 2.83. The van der Waals surface area contributed by atoms with E-state index >= 15 is 0 Å². The zero-order valence-corrected chi connectivity index (χ0v) is 17.8. The van der Waals surface area contributed by atoms with Gasteiger partial charge < -0.3 is 9.84 Å². The number of hydrogen-bond acceptors (Lipinski definition) is 6. The molecule has 0 amide bonds. The van der Waals surface area contributed by atoms with E-state index in [1.807, 2.05) is 30.3 Å². The van der Waals surface area contributed by atoms with Crippen molar-refractivity contribution >= 4 is 11.8 Å². The molecule has 2 aromatic heterocycles. The summed E-state index contributed by atoms with van der Waals surface area (Å²) in [5.41, 5.74) is 1.08. The van der Waals surface area contributed by atoms with Gasteiger partial charge in [-0.2, -0.15) is 0 Å². The Kier molecular flexibility index (Phi) is 7.68. The van der Waals surface area contributed by atoms with Gasteiger partial charge in [0.2, 0.25) is 22.7 Å². The van der Waals surface area contributed by atoms with Gasteiger partial charge in [-0.25, -0.2) is 0 Å². The number of hydrogen-bond donors (Lipinski definition) is 1. The number of carbonyl (C=O) groups is 2. The molecule has 1 aromatic carbocycles. The van der Waals surface area contributed by atoms with Crippen molar-refractivity contribution in [3.8, 4) is 11.5 Å². The highest BCUT2D eigenvalue weighted by Crippen LogP contribution is 2.14. The number of benzene rings is 1. The van der Waals surface area contributed by atoms with Crippen LogP contribution in [0.15, 0.2) is 64.4 Å². The van der Waals surface area contributed by atoms with E-state index in [1.165, 1.54) is 48.4 Å². The molecule has 0 saturated heterocycles. The summed E-state index contributed by atoms with van der Waals surface area (Å²) in [4.78, 5) is 44.9. The Balaban J connectivity index is 0.000000245. The normalized spacial score (nSPS) is 10.1. The van der Waals surface area contributed by atoms with E-state index in [9.17, 15) is 19.2 Å². The van der Waals surface area contributed by atoms with Crippen molar-refractivity contribution in [3.63, 3.8) is 0 Å². The summed E-state index contributed by atoms with van der Waals surface area (Å²) in [6.07, 6.45) is 2.81. The molecule has 2 heterocycles. The maximum Gasteiger partial charge on any atom is 0.227 e. The quantitative estimate of drug-likeness (QED) is 0.693. The Hall–Kier alpha value is -3.94. The van der Waals surface area contributed by atoms with Crippen LogP contribution in [0.25, 0.3) is 0 Å². The number of nitrogens with zero attached hydrogens (tertiary/aromatic N) is 2. The molecule has 0 saturated carbocycles. The molecular formula is C23H24N2O6. The monoisotopic (exact) mass is 424 g/mol. The Morgan fingerprint density at radius 2 is 1.35 bits per heavy atom. The fraction of sp³-hybridized carbons (Fsp3) is 0.217. The van der Waals surface area contributed by atoms with Crippen molar-refractivity contribution in [1.29, 1.82) is 0 Å². The molecule has 0 bridgehead atoms. The maximum absolute atomic E-state index is 11.8. The van der Waals surface area contributed by atoms with Gasteiger partial charge in [0.25, 0.3) is 0 Å². The first-order chi connectivity index (χ1) is 14.6. The highest BCUT2D eigenvalue weighted by molar-refractivity contribution is 5.77. The highest BCUT2D eigenvalue weighted by atomic mass is 16.5. The second-order valence-electron chi connectivity index (χ2n) is 6.76. The molecule has 0 aliphatic heterocycles. The summed E-state index contributed by atoms with van der Waals surface area (Å²) in [6.45, 7) is 6.31. The van der Waals surface area contributed by atoms with Gasteiger partial charge in [0, 0.05) is 38.4 Å². The zero-order chi connectivity index (χ0) is 23.1. The van der Waals surface area contributed by atoms with Crippen LogP contribution in [0.1, 0.15) is 40.4 Å². The molecule has 31 heavy (non-hydrogen) atoms. The van der Waals surface area contributed by atoms with E-state index in [-0.39, 0.29) is 34.4 Å². The number of aromatic hydroxyl groups is 1. The molecule has 0 aliphatic rings. The van der Waals surface area contributed by atoms with Crippen LogP contribution in [-0.2, 0) is 6.61 Å². The van der Waals surface area contributed by atoms with Gasteiger partial charge in [0.05, 0.1) is 11.4 Å². The van der Waals surface area contributed by atoms with E-state index in [1.54, 1.807) is 6.92 Å². The average molecular weight is 424 g/mol. The van der Waals surface area contributed by atoms with Crippen LogP contribution in [0.4, 0.5) is 0 Å². The van der Waals surface area contributed by atoms with E-state index in [0.717, 1.165) is 11.6 Å². The van der Waals surface area contributed by atoms with Crippen LogP contribution in [0.5, 0.6) is 11.5 Å². The number of carbonyl (C=O) groups excluding carboxylic acids is 2. The van der Waals surface area contributed by atoms with E-state index in [2.05, 4.69) is 0 Å². The average Bonchev–Trinajstić information content (AvgIpc) is 2.72. The van der Waals surface area contributed by atoms with Gasteiger partial charge in [-0.05, 0) is 19.4 Å². The summed E-state index contributed by atoms with van der Waals surface area (Å²) in [7, 11) is 0. The van der Waals surface area contributed by atoms with Gasteiger partial charge in [-0.15, -0.1) is 0 Å². The molecule has 3 aromatic rings. The largest absolute Gasteiger partial charge is 0.503 e. The summed E-state index contributed by atoms with van der Waals surface area (Å²) < 4.78 is 8.18. The third-order valence-corrected chi connectivity index (χ3v) is 4.51. The Labute approximate surface area is 179 Å². The molecule has 3 rings (SSSR count). The Bertz CT molecular complexity index is 1210. The zero-order valence-electron chi connectivity index (χ0n) is 17.8. The number of aromatic nitrogens is 2. The van der Waals surface area contributed by atoms with Crippen LogP contribution < -0.4 is 15.6 Å². The molecule has 1 N–H and O–H groups in total. The molecule has 0 radical (unpaired) electrons. The van der Waals surface area contributed by atoms with Crippen LogP contribution in [0.3, 0.4) is 0 Å². The predicted octanol–water partition coefficient (Wildman–Crippen LogP) is 2.92. The molecule has 0 spiro atoms. The predicted molar refractivity (Wildman–Crippen MR) is 116 cm³/mol. The minimum absolute atomic E-state index is 0.151. The molecule has 0 fully saturated rings. The number of pyridine rings is 2. The summed E-state index contributed by atoms with van der Waals surface area (Å²) >= 11 is 0. The van der Waals surface area contributed by atoms with Gasteiger partial charge in [-0.1, -0.05) is 30.3 Å².